The van der Waals surface area contributed by atoms with E-state index in [1.54, 1.807) is 10.7 Å². The summed E-state index contributed by atoms with van der Waals surface area (Å²) in [5.41, 5.74) is 2.05. The highest BCUT2D eigenvalue weighted by atomic mass is 32.1. The van der Waals surface area contributed by atoms with Gasteiger partial charge in [-0.3, -0.25) is 4.79 Å². The van der Waals surface area contributed by atoms with Gasteiger partial charge in [0.15, 0.2) is 5.01 Å². The van der Waals surface area contributed by atoms with Gasteiger partial charge in [0.2, 0.25) is 0 Å². The zero-order chi connectivity index (χ0) is 19.0. The van der Waals surface area contributed by atoms with Gasteiger partial charge in [-0.15, -0.1) is 11.3 Å². The molecule has 0 spiro atoms. The first-order valence-electron chi connectivity index (χ1n) is 8.92. The van der Waals surface area contributed by atoms with Crippen molar-refractivity contribution in [1.82, 2.24) is 14.6 Å². The minimum Gasteiger partial charge on any atom is -0.264 e. The Morgan fingerprint density at radius 2 is 2.22 bits per heavy atom. The number of carbonyl (C=O) groups is 1. The number of hydrogen-bond acceptors (Lipinski definition) is 4. The molecule has 0 aliphatic heterocycles. The van der Waals surface area contributed by atoms with Crippen molar-refractivity contribution in [3.63, 3.8) is 0 Å². The highest BCUT2D eigenvalue weighted by molar-refractivity contribution is 7.14. The number of pyridine rings is 1. The van der Waals surface area contributed by atoms with E-state index in [0.29, 0.717) is 25.0 Å². The maximum absolute atomic E-state index is 14.0. The summed E-state index contributed by atoms with van der Waals surface area (Å²) in [5, 5.41) is 4.45. The van der Waals surface area contributed by atoms with Gasteiger partial charge in [0.25, 0.3) is 5.92 Å². The second kappa shape index (κ2) is 6.92. The molecule has 1 amide bonds. The lowest BCUT2D eigenvalue weighted by Crippen LogP contribution is -2.32. The largest absolute Gasteiger partial charge is 0.306 e. The van der Waals surface area contributed by atoms with E-state index in [-0.39, 0.29) is 23.6 Å². The number of hydrogen-bond donors (Lipinski definition) is 0. The van der Waals surface area contributed by atoms with Crippen LogP contribution in [0.1, 0.15) is 47.3 Å². The number of aromatic nitrogens is 3. The highest BCUT2D eigenvalue weighted by Crippen LogP contribution is 2.34. The Hall–Kier alpha value is -2.48. The molecule has 3 aromatic heterocycles. The molecule has 0 atom stereocenters. The molecule has 0 N–H and O–H groups in total. The molecule has 0 unspecified atom stereocenters. The number of alkyl halides is 2. The van der Waals surface area contributed by atoms with E-state index in [0.717, 1.165) is 16.0 Å². The smallest absolute Gasteiger partial charge is 0.264 e. The molecule has 5 nitrogen and oxygen atoms in total. The van der Waals surface area contributed by atoms with Crippen molar-refractivity contribution < 1.29 is 13.6 Å². The number of nitrogens with zero attached hydrogens (tertiary/aromatic N) is 4. The lowest BCUT2D eigenvalue weighted by atomic mass is 9.94. The lowest BCUT2D eigenvalue weighted by Gasteiger charge is -2.22. The third-order valence-corrected chi connectivity index (χ3v) is 5.88. The second-order valence-corrected chi connectivity index (χ2v) is 7.59. The van der Waals surface area contributed by atoms with Gasteiger partial charge in [0.1, 0.15) is 0 Å². The van der Waals surface area contributed by atoms with Crippen LogP contribution in [0.15, 0.2) is 35.6 Å². The van der Waals surface area contributed by atoms with Crippen LogP contribution in [0.2, 0.25) is 0 Å². The van der Waals surface area contributed by atoms with Gasteiger partial charge >= 0.3 is 5.91 Å². The normalized spacial score (nSPS) is 18.3. The molecule has 1 saturated carbocycles. The van der Waals surface area contributed by atoms with Crippen molar-refractivity contribution in [2.45, 2.75) is 45.0 Å². The predicted molar refractivity (Wildman–Crippen MR) is 101 cm³/mol. The summed E-state index contributed by atoms with van der Waals surface area (Å²) < 4.78 is 29.7. The van der Waals surface area contributed by atoms with Gasteiger partial charge in [-0.2, -0.15) is 13.9 Å². The summed E-state index contributed by atoms with van der Waals surface area (Å²) in [5.74, 6) is -3.68. The Morgan fingerprint density at radius 3 is 3.00 bits per heavy atom. The number of thiazole rings is 1. The average Bonchev–Trinajstić information content (AvgIpc) is 3.27. The summed E-state index contributed by atoms with van der Waals surface area (Å²) in [6.45, 7) is 1.97. The molecule has 1 aliphatic carbocycles. The molecular weight excluding hydrogens is 370 g/mol. The monoisotopic (exact) mass is 388 g/mol. The zero-order valence-electron chi connectivity index (χ0n) is 14.8. The first kappa shape index (κ1) is 17.9. The van der Waals surface area contributed by atoms with E-state index in [4.69, 9.17) is 0 Å². The van der Waals surface area contributed by atoms with E-state index in [1.165, 1.54) is 11.3 Å². The van der Waals surface area contributed by atoms with Gasteiger partial charge in [0, 0.05) is 23.1 Å². The Balaban J connectivity index is 1.72. The first-order valence-corrected chi connectivity index (χ1v) is 9.74. The summed E-state index contributed by atoms with van der Waals surface area (Å²) in [6, 6.07) is 5.70. The maximum Gasteiger partial charge on any atom is 0.306 e. The molecule has 1 fully saturated rings. The summed E-state index contributed by atoms with van der Waals surface area (Å²) in [6.07, 6.45) is 5.22. The fourth-order valence-corrected chi connectivity index (χ4v) is 4.18. The predicted octanol–water partition coefficient (Wildman–Crippen LogP) is 4.81. The van der Waals surface area contributed by atoms with Crippen molar-refractivity contribution in [3.05, 3.63) is 40.5 Å². The van der Waals surface area contributed by atoms with Crippen LogP contribution >= 0.6 is 11.3 Å². The SMILES string of the molecule is CCc1sc(C(=O)N=C2CCCCC2(F)F)nc1-c1cnn2ccccc12. The van der Waals surface area contributed by atoms with Gasteiger partial charge in [0.05, 0.1) is 23.1 Å². The van der Waals surface area contributed by atoms with E-state index in [2.05, 4.69) is 15.1 Å². The molecule has 140 valence electrons. The maximum atomic E-state index is 14.0. The van der Waals surface area contributed by atoms with E-state index >= 15 is 0 Å². The summed E-state index contributed by atoms with van der Waals surface area (Å²) >= 11 is 1.21. The fraction of sp³-hybridized carbons (Fsp3) is 0.368. The number of amides is 1. The molecule has 27 heavy (non-hydrogen) atoms. The lowest BCUT2D eigenvalue weighted by molar-refractivity contribution is 0.0542. The van der Waals surface area contributed by atoms with Crippen LogP contribution in [0.25, 0.3) is 16.8 Å². The molecule has 3 heterocycles. The number of halogens is 2. The second-order valence-electron chi connectivity index (χ2n) is 6.51. The quantitative estimate of drug-likeness (QED) is 0.647. The minimum absolute atomic E-state index is 0.144. The number of rotatable bonds is 3. The van der Waals surface area contributed by atoms with Crippen molar-refractivity contribution in [1.29, 1.82) is 0 Å². The number of fused-ring (bicyclic) bond motifs is 1. The minimum atomic E-state index is -3.00. The summed E-state index contributed by atoms with van der Waals surface area (Å²) in [7, 11) is 0. The first-order chi connectivity index (χ1) is 13.0. The van der Waals surface area contributed by atoms with Crippen LogP contribution in [0, 0.1) is 0 Å². The molecule has 0 aromatic carbocycles. The summed E-state index contributed by atoms with van der Waals surface area (Å²) in [4.78, 5) is 21.6. The Morgan fingerprint density at radius 1 is 1.37 bits per heavy atom. The molecule has 4 rings (SSSR count). The highest BCUT2D eigenvalue weighted by Gasteiger charge is 2.38. The molecule has 0 saturated heterocycles. The van der Waals surface area contributed by atoms with Crippen LogP contribution < -0.4 is 0 Å². The van der Waals surface area contributed by atoms with Gasteiger partial charge in [-0.1, -0.05) is 13.0 Å². The number of carbonyl (C=O) groups excluding carboxylic acids is 1. The third-order valence-electron chi connectivity index (χ3n) is 4.70. The topological polar surface area (TPSA) is 59.6 Å². The Bertz CT molecular complexity index is 1040. The zero-order valence-corrected chi connectivity index (χ0v) is 15.6. The fourth-order valence-electron chi connectivity index (χ4n) is 3.28. The third kappa shape index (κ3) is 3.29. The van der Waals surface area contributed by atoms with Crippen LogP contribution in [-0.2, 0) is 6.42 Å². The molecule has 3 aromatic rings. The number of aryl methyl sites for hydroxylation is 1. The van der Waals surface area contributed by atoms with Crippen LogP contribution in [-0.4, -0.2) is 32.1 Å². The van der Waals surface area contributed by atoms with Gasteiger partial charge in [-0.25, -0.2) is 14.5 Å². The van der Waals surface area contributed by atoms with Crippen molar-refractivity contribution in [2.24, 2.45) is 4.99 Å². The van der Waals surface area contributed by atoms with Gasteiger partial charge in [-0.05, 0) is 37.8 Å². The van der Waals surface area contributed by atoms with E-state index in [1.807, 2.05) is 31.3 Å². The Labute approximate surface area is 158 Å². The van der Waals surface area contributed by atoms with Crippen molar-refractivity contribution >= 4 is 28.5 Å². The van der Waals surface area contributed by atoms with Crippen LogP contribution in [0.4, 0.5) is 8.78 Å². The van der Waals surface area contributed by atoms with Crippen molar-refractivity contribution in [2.75, 3.05) is 0 Å². The van der Waals surface area contributed by atoms with E-state index < -0.39 is 11.8 Å². The van der Waals surface area contributed by atoms with E-state index in [9.17, 15) is 13.6 Å². The molecule has 0 radical (unpaired) electrons. The van der Waals surface area contributed by atoms with Crippen LogP contribution in [0.5, 0.6) is 0 Å². The Kier molecular flexibility index (Phi) is 4.59. The molecule has 8 heteroatoms. The molecular formula is C19H18F2N4OS. The number of aliphatic imine (C=N–C) groups is 1. The molecule has 1 aliphatic rings. The van der Waals surface area contributed by atoms with Crippen molar-refractivity contribution in [3.8, 4) is 11.3 Å². The standard InChI is InChI=1S/C19H18F2N4OS/c1-2-14-16(12-11-22-25-10-6-4-7-13(12)25)24-18(27-14)17(26)23-15-8-3-5-9-19(15,20)21/h4,6-7,10-11H,2-3,5,8-9H2,1H3. The van der Waals surface area contributed by atoms with Gasteiger partial charge < -0.3 is 0 Å². The average molecular weight is 388 g/mol. The molecule has 0 bridgehead atoms. The van der Waals surface area contributed by atoms with Crippen LogP contribution in [0.3, 0.4) is 0 Å².